The minimum Gasteiger partial charge on any atom is -0.339 e. The average molecular weight is 462 g/mol. The van der Waals surface area contributed by atoms with Gasteiger partial charge in [0.05, 0.1) is 5.56 Å². The van der Waals surface area contributed by atoms with Crippen molar-refractivity contribution < 1.29 is 14.4 Å². The summed E-state index contributed by atoms with van der Waals surface area (Å²) in [5.41, 5.74) is 3.56. The molecule has 0 atom stereocenters. The topological polar surface area (TPSA) is 78.5 Å². The zero-order valence-corrected chi connectivity index (χ0v) is 19.6. The summed E-state index contributed by atoms with van der Waals surface area (Å²) in [6.07, 6.45) is 3.14. The molecule has 1 aliphatic rings. The van der Waals surface area contributed by atoms with Gasteiger partial charge in [0.25, 0.3) is 11.8 Å². The molecule has 7 heteroatoms. The van der Waals surface area contributed by atoms with Crippen molar-refractivity contribution in [1.29, 1.82) is 0 Å². The van der Waals surface area contributed by atoms with Gasteiger partial charge in [-0.3, -0.25) is 14.4 Å². The molecule has 0 aliphatic carbocycles. The molecular formula is C26H27N3O3S. The van der Waals surface area contributed by atoms with Gasteiger partial charge >= 0.3 is 0 Å². The van der Waals surface area contributed by atoms with E-state index in [0.29, 0.717) is 21.8 Å². The van der Waals surface area contributed by atoms with Gasteiger partial charge < -0.3 is 15.5 Å². The maximum Gasteiger partial charge on any atom is 0.257 e. The number of carbonyl (C=O) groups is 3. The molecule has 2 heterocycles. The molecule has 1 aromatic heterocycles. The van der Waals surface area contributed by atoms with Crippen LogP contribution in [0.25, 0.3) is 10.4 Å². The van der Waals surface area contributed by atoms with E-state index in [1.54, 1.807) is 24.3 Å². The largest absolute Gasteiger partial charge is 0.339 e. The molecule has 1 fully saturated rings. The molecule has 1 aliphatic heterocycles. The van der Waals surface area contributed by atoms with Gasteiger partial charge in [-0.15, -0.1) is 11.3 Å². The van der Waals surface area contributed by atoms with Crippen LogP contribution >= 0.6 is 11.3 Å². The van der Waals surface area contributed by atoms with Crippen molar-refractivity contribution in [2.75, 3.05) is 23.7 Å². The Morgan fingerprint density at radius 3 is 2.18 bits per heavy atom. The number of benzene rings is 2. The Morgan fingerprint density at radius 2 is 1.55 bits per heavy atom. The van der Waals surface area contributed by atoms with Crippen LogP contribution in [0.15, 0.2) is 54.6 Å². The Hall–Kier alpha value is -3.45. The second-order valence-corrected chi connectivity index (χ2v) is 9.21. The fourth-order valence-electron chi connectivity index (χ4n) is 4.06. The van der Waals surface area contributed by atoms with Crippen LogP contribution in [0.1, 0.15) is 52.5 Å². The van der Waals surface area contributed by atoms with Crippen molar-refractivity contribution in [2.45, 2.75) is 33.1 Å². The molecule has 3 amide bonds. The lowest BCUT2D eigenvalue weighted by Crippen LogP contribution is -2.36. The first-order chi connectivity index (χ1) is 15.9. The lowest BCUT2D eigenvalue weighted by molar-refractivity contribution is -0.114. The Morgan fingerprint density at radius 1 is 0.879 bits per heavy atom. The lowest BCUT2D eigenvalue weighted by atomic mass is 10.0. The van der Waals surface area contributed by atoms with Crippen LogP contribution in [0.4, 0.5) is 10.7 Å². The van der Waals surface area contributed by atoms with E-state index in [0.717, 1.165) is 48.4 Å². The van der Waals surface area contributed by atoms with Crippen LogP contribution in [0, 0.1) is 6.92 Å². The van der Waals surface area contributed by atoms with Crippen molar-refractivity contribution >= 4 is 39.7 Å². The van der Waals surface area contributed by atoms with Crippen LogP contribution in [0.2, 0.25) is 0 Å². The molecule has 0 bridgehead atoms. The van der Waals surface area contributed by atoms with Gasteiger partial charge in [-0.25, -0.2) is 0 Å². The summed E-state index contributed by atoms with van der Waals surface area (Å²) in [5, 5.41) is 6.24. The number of amides is 3. The molecule has 4 rings (SSSR count). The number of nitrogens with one attached hydrogen (secondary N) is 2. The summed E-state index contributed by atoms with van der Waals surface area (Å²) in [5.74, 6) is -0.490. The number of anilines is 2. The van der Waals surface area contributed by atoms with Crippen molar-refractivity contribution in [1.82, 2.24) is 4.90 Å². The molecule has 33 heavy (non-hydrogen) atoms. The van der Waals surface area contributed by atoms with Gasteiger partial charge in [0, 0.05) is 36.1 Å². The smallest absolute Gasteiger partial charge is 0.257 e. The molecule has 0 unspecified atom stereocenters. The highest BCUT2D eigenvalue weighted by molar-refractivity contribution is 7.20. The molecule has 0 spiro atoms. The number of likely N-dealkylation sites (tertiary alicyclic amines) is 1. The summed E-state index contributed by atoms with van der Waals surface area (Å²) in [4.78, 5) is 40.6. The Labute approximate surface area is 197 Å². The molecule has 170 valence electrons. The summed E-state index contributed by atoms with van der Waals surface area (Å²) < 4.78 is 0. The molecular weight excluding hydrogens is 434 g/mol. The third kappa shape index (κ3) is 5.14. The SMILES string of the molecule is CC(=O)Nc1ccc(C(=O)Nc2sc(-c3ccccc3)c(C)c2C(=O)N2CCCCC2)cc1. The van der Waals surface area contributed by atoms with Crippen molar-refractivity contribution in [3.8, 4) is 10.4 Å². The zero-order valence-electron chi connectivity index (χ0n) is 18.8. The van der Waals surface area contributed by atoms with Crippen molar-refractivity contribution in [3.05, 3.63) is 71.3 Å². The molecule has 2 N–H and O–H groups in total. The maximum atomic E-state index is 13.5. The minimum atomic E-state index is -0.294. The van der Waals surface area contributed by atoms with E-state index in [-0.39, 0.29) is 17.7 Å². The third-order valence-electron chi connectivity index (χ3n) is 5.73. The zero-order chi connectivity index (χ0) is 23.4. The van der Waals surface area contributed by atoms with Crippen LogP contribution in [0.3, 0.4) is 0 Å². The highest BCUT2D eigenvalue weighted by Crippen LogP contribution is 2.41. The van der Waals surface area contributed by atoms with Crippen LogP contribution in [0.5, 0.6) is 0 Å². The van der Waals surface area contributed by atoms with Crippen molar-refractivity contribution in [2.24, 2.45) is 0 Å². The Kier molecular flexibility index (Phi) is 6.89. The molecule has 2 aromatic carbocycles. The molecule has 0 radical (unpaired) electrons. The number of piperidine rings is 1. The predicted octanol–water partition coefficient (Wildman–Crippen LogP) is 5.56. The number of hydrogen-bond acceptors (Lipinski definition) is 4. The van der Waals surface area contributed by atoms with E-state index in [9.17, 15) is 14.4 Å². The van der Waals surface area contributed by atoms with Gasteiger partial charge in [-0.1, -0.05) is 30.3 Å². The predicted molar refractivity (Wildman–Crippen MR) is 133 cm³/mol. The highest BCUT2D eigenvalue weighted by Gasteiger charge is 2.28. The van der Waals surface area contributed by atoms with E-state index in [1.807, 2.05) is 42.2 Å². The molecule has 0 saturated carbocycles. The van der Waals surface area contributed by atoms with Crippen molar-refractivity contribution in [3.63, 3.8) is 0 Å². The summed E-state index contributed by atoms with van der Waals surface area (Å²) >= 11 is 1.43. The van der Waals surface area contributed by atoms with Gasteiger partial charge in [0.15, 0.2) is 0 Å². The van der Waals surface area contributed by atoms with E-state index < -0.39 is 0 Å². The Bertz CT molecular complexity index is 1160. The second kappa shape index (κ2) is 10.0. The number of thiophene rings is 1. The van der Waals surface area contributed by atoms with E-state index in [1.165, 1.54) is 18.3 Å². The first-order valence-electron chi connectivity index (χ1n) is 11.1. The quantitative estimate of drug-likeness (QED) is 0.522. The fraction of sp³-hybridized carbons (Fsp3) is 0.269. The monoisotopic (exact) mass is 461 g/mol. The number of nitrogens with zero attached hydrogens (tertiary/aromatic N) is 1. The van der Waals surface area contributed by atoms with Gasteiger partial charge in [-0.05, 0) is 61.6 Å². The van der Waals surface area contributed by atoms with E-state index in [2.05, 4.69) is 10.6 Å². The fourth-order valence-corrected chi connectivity index (χ4v) is 5.26. The Balaban J connectivity index is 1.66. The van der Waals surface area contributed by atoms with E-state index in [4.69, 9.17) is 0 Å². The normalized spacial score (nSPS) is 13.5. The van der Waals surface area contributed by atoms with Crippen LogP contribution in [-0.2, 0) is 4.79 Å². The van der Waals surface area contributed by atoms with Gasteiger partial charge in [0.1, 0.15) is 5.00 Å². The standard InChI is InChI=1S/C26H27N3O3S/c1-17-22(26(32)29-15-7-4-8-16-29)25(33-23(17)19-9-5-3-6-10-19)28-24(31)20-11-13-21(14-12-20)27-18(2)30/h3,5-6,9-14H,4,7-8,15-16H2,1-2H3,(H,27,30)(H,28,31). The molecule has 3 aromatic rings. The average Bonchev–Trinajstić information content (AvgIpc) is 3.15. The second-order valence-electron chi connectivity index (χ2n) is 8.19. The summed E-state index contributed by atoms with van der Waals surface area (Å²) in [6, 6.07) is 16.6. The summed E-state index contributed by atoms with van der Waals surface area (Å²) in [7, 11) is 0. The first-order valence-corrected chi connectivity index (χ1v) is 11.9. The van der Waals surface area contributed by atoms with Crippen LogP contribution in [-0.4, -0.2) is 35.7 Å². The van der Waals surface area contributed by atoms with E-state index >= 15 is 0 Å². The summed E-state index contributed by atoms with van der Waals surface area (Å²) in [6.45, 7) is 4.87. The minimum absolute atomic E-state index is 0.0260. The number of hydrogen-bond donors (Lipinski definition) is 2. The van der Waals surface area contributed by atoms with Crippen LogP contribution < -0.4 is 10.6 Å². The van der Waals surface area contributed by atoms with Gasteiger partial charge in [0.2, 0.25) is 5.91 Å². The lowest BCUT2D eigenvalue weighted by Gasteiger charge is -2.27. The number of rotatable bonds is 5. The molecule has 6 nitrogen and oxygen atoms in total. The first kappa shape index (κ1) is 22.7. The number of carbonyl (C=O) groups excluding carboxylic acids is 3. The molecule has 1 saturated heterocycles. The van der Waals surface area contributed by atoms with Gasteiger partial charge in [-0.2, -0.15) is 0 Å². The highest BCUT2D eigenvalue weighted by atomic mass is 32.1. The maximum absolute atomic E-state index is 13.5. The third-order valence-corrected chi connectivity index (χ3v) is 6.99.